The molecule has 0 aliphatic carbocycles. The number of hydrogen-bond donors (Lipinski definition) is 3. The second kappa shape index (κ2) is 48.3. The molecule has 1 rings (SSSR count). The van der Waals surface area contributed by atoms with Gasteiger partial charge in [-0.25, -0.2) is 4.79 Å². The first kappa shape index (κ1) is 66.4. The number of carboxylic acid groups (broad SMARTS) is 1. The highest BCUT2D eigenvalue weighted by Crippen LogP contribution is 2.26. The summed E-state index contributed by atoms with van der Waals surface area (Å²) in [6.45, 7) is 5.64. The lowest BCUT2D eigenvalue weighted by Gasteiger charge is -2.40. The Labute approximate surface area is 440 Å². The van der Waals surface area contributed by atoms with Crippen molar-refractivity contribution in [2.45, 2.75) is 237 Å². The zero-order valence-electron chi connectivity index (χ0n) is 45.1. The van der Waals surface area contributed by atoms with Crippen LogP contribution in [0.1, 0.15) is 201 Å². The number of esters is 3. The molecule has 6 unspecified atom stereocenters. The molecule has 0 aromatic heterocycles. The molecule has 0 radical (unpaired) electrons. The Morgan fingerprint density at radius 3 is 1.38 bits per heavy atom. The molecule has 6 atom stereocenters. The maximum atomic E-state index is 13.1. The minimum Gasteiger partial charge on any atom is -0.479 e. The molecule has 12 heteroatoms. The van der Waals surface area contributed by atoms with Crippen LogP contribution in [0, 0.1) is 0 Å². The van der Waals surface area contributed by atoms with E-state index >= 15 is 0 Å². The van der Waals surface area contributed by atoms with Crippen molar-refractivity contribution < 1.29 is 58.2 Å². The van der Waals surface area contributed by atoms with Gasteiger partial charge in [0.05, 0.1) is 6.61 Å². The van der Waals surface area contributed by atoms with Crippen LogP contribution >= 0.6 is 0 Å². The first-order chi connectivity index (χ1) is 35.6. The first-order valence-electron chi connectivity index (χ1n) is 27.9. The standard InChI is InChI=1S/C61H96O12/c1-4-7-10-13-16-19-22-25-26-27-28-31-32-35-38-41-44-47-53(62)69-50-52(71-54(63)48-45-42-39-36-33-29-23-20-17-14-11-8-5-2)51-70-61-59(57(66)56(65)58(73-61)60(67)68)72-55(64)49-46-43-40-37-34-30-24-21-18-15-12-9-6-3/h8-9,11-12,16-21,25-26,29-30,33-34,40,43,52,56-59,61,65-66H,4-7,10,13-15,22-24,27-28,31-32,35-39,41-42,44-51H2,1-3H3,(H,67,68)/b11-8-,12-9-,19-16-,20-17-,21-18-,26-25-,33-29-,34-30-,43-40-. The number of allylic oxidation sites excluding steroid dienone is 18. The molecule has 1 fully saturated rings. The molecule has 73 heavy (non-hydrogen) atoms. The molecule has 1 aliphatic rings. The van der Waals surface area contributed by atoms with Gasteiger partial charge in [0.25, 0.3) is 0 Å². The monoisotopic (exact) mass is 1020 g/mol. The van der Waals surface area contributed by atoms with Gasteiger partial charge in [-0.1, -0.05) is 182 Å². The molecular formula is C61H96O12. The average molecular weight is 1020 g/mol. The molecule has 3 N–H and O–H groups in total. The van der Waals surface area contributed by atoms with E-state index in [0.29, 0.717) is 25.7 Å². The maximum absolute atomic E-state index is 13.1. The Balaban J connectivity index is 2.76. The highest BCUT2D eigenvalue weighted by atomic mass is 16.7. The van der Waals surface area contributed by atoms with Crippen molar-refractivity contribution in [3.8, 4) is 0 Å². The van der Waals surface area contributed by atoms with Crippen LogP contribution in [0.5, 0.6) is 0 Å². The number of hydrogen-bond acceptors (Lipinski definition) is 11. The van der Waals surface area contributed by atoms with Crippen LogP contribution in [0.3, 0.4) is 0 Å². The summed E-state index contributed by atoms with van der Waals surface area (Å²) in [6, 6.07) is 0. The van der Waals surface area contributed by atoms with Crippen LogP contribution in [0.25, 0.3) is 0 Å². The highest BCUT2D eigenvalue weighted by molar-refractivity contribution is 5.74. The van der Waals surface area contributed by atoms with Crippen molar-refractivity contribution in [2.75, 3.05) is 13.2 Å². The fraction of sp³-hybridized carbons (Fsp3) is 0.639. The number of carboxylic acids is 1. The second-order valence-corrected chi connectivity index (χ2v) is 18.4. The van der Waals surface area contributed by atoms with E-state index in [1.54, 1.807) is 0 Å². The van der Waals surface area contributed by atoms with Crippen molar-refractivity contribution in [3.63, 3.8) is 0 Å². The van der Waals surface area contributed by atoms with E-state index in [9.17, 15) is 34.5 Å². The summed E-state index contributed by atoms with van der Waals surface area (Å²) in [5.41, 5.74) is 0. The van der Waals surface area contributed by atoms with E-state index < -0.39 is 67.3 Å². The molecule has 0 amide bonds. The quantitative estimate of drug-likeness (QED) is 0.0228. The van der Waals surface area contributed by atoms with E-state index in [0.717, 1.165) is 96.3 Å². The predicted molar refractivity (Wildman–Crippen MR) is 294 cm³/mol. The Morgan fingerprint density at radius 1 is 0.466 bits per heavy atom. The molecule has 0 aromatic carbocycles. The number of carbonyl (C=O) groups is 4. The zero-order chi connectivity index (χ0) is 53.3. The summed E-state index contributed by atoms with van der Waals surface area (Å²) in [4.78, 5) is 50.9. The third-order valence-corrected chi connectivity index (χ3v) is 11.8. The van der Waals surface area contributed by atoms with E-state index in [2.05, 4.69) is 112 Å². The third kappa shape index (κ3) is 38.6. The van der Waals surface area contributed by atoms with Gasteiger partial charge in [-0.3, -0.25) is 14.4 Å². The molecule has 1 aliphatic heterocycles. The Hall–Kier alpha value is -4.62. The summed E-state index contributed by atoms with van der Waals surface area (Å²) >= 11 is 0. The second-order valence-electron chi connectivity index (χ2n) is 18.4. The van der Waals surface area contributed by atoms with Crippen molar-refractivity contribution in [2.24, 2.45) is 0 Å². The van der Waals surface area contributed by atoms with Crippen LogP contribution in [0.15, 0.2) is 109 Å². The van der Waals surface area contributed by atoms with Crippen LogP contribution in [-0.2, 0) is 42.9 Å². The maximum Gasteiger partial charge on any atom is 0.335 e. The fourth-order valence-electron chi connectivity index (χ4n) is 7.60. The van der Waals surface area contributed by atoms with Gasteiger partial charge in [0.1, 0.15) is 18.8 Å². The van der Waals surface area contributed by atoms with Gasteiger partial charge < -0.3 is 39.0 Å². The Bertz CT molecular complexity index is 1690. The molecule has 412 valence electrons. The molecule has 1 saturated heterocycles. The Kier molecular flexibility index (Phi) is 44.0. The van der Waals surface area contributed by atoms with Gasteiger partial charge in [0.2, 0.25) is 0 Å². The zero-order valence-corrected chi connectivity index (χ0v) is 45.1. The highest BCUT2D eigenvalue weighted by Gasteiger charge is 2.50. The molecule has 1 heterocycles. The Morgan fingerprint density at radius 2 is 0.890 bits per heavy atom. The van der Waals surface area contributed by atoms with E-state index in [4.69, 9.17) is 23.7 Å². The summed E-state index contributed by atoms with van der Waals surface area (Å²) in [7, 11) is 0. The van der Waals surface area contributed by atoms with Gasteiger partial charge >= 0.3 is 23.9 Å². The summed E-state index contributed by atoms with van der Waals surface area (Å²) in [5, 5.41) is 31.4. The van der Waals surface area contributed by atoms with Gasteiger partial charge in [-0.2, -0.15) is 0 Å². The summed E-state index contributed by atoms with van der Waals surface area (Å²) in [6.07, 6.45) is 52.3. The third-order valence-electron chi connectivity index (χ3n) is 11.8. The number of carbonyl (C=O) groups excluding carboxylic acids is 3. The van der Waals surface area contributed by atoms with Crippen LogP contribution in [-0.4, -0.2) is 89.2 Å². The smallest absolute Gasteiger partial charge is 0.335 e. The normalized spacial score (nSPS) is 19.2. The van der Waals surface area contributed by atoms with Crippen molar-refractivity contribution in [1.29, 1.82) is 0 Å². The van der Waals surface area contributed by atoms with Gasteiger partial charge in [0.15, 0.2) is 24.6 Å². The van der Waals surface area contributed by atoms with E-state index in [-0.39, 0.29) is 25.9 Å². The lowest BCUT2D eigenvalue weighted by molar-refractivity contribution is -0.301. The number of unbranched alkanes of at least 4 members (excludes halogenated alkanes) is 13. The minimum absolute atomic E-state index is 0.0702. The lowest BCUT2D eigenvalue weighted by atomic mass is 9.98. The minimum atomic E-state index is -1.94. The molecule has 12 nitrogen and oxygen atoms in total. The summed E-state index contributed by atoms with van der Waals surface area (Å²) < 4.78 is 28.2. The largest absolute Gasteiger partial charge is 0.479 e. The van der Waals surface area contributed by atoms with Crippen LogP contribution < -0.4 is 0 Å². The molecule has 0 spiro atoms. The van der Waals surface area contributed by atoms with Gasteiger partial charge in [0, 0.05) is 19.3 Å². The topological polar surface area (TPSA) is 175 Å². The number of aliphatic carboxylic acids is 1. The van der Waals surface area contributed by atoms with Crippen LogP contribution in [0.4, 0.5) is 0 Å². The molecular weight excluding hydrogens is 925 g/mol. The number of aliphatic hydroxyl groups is 2. The first-order valence-corrected chi connectivity index (χ1v) is 27.9. The van der Waals surface area contributed by atoms with Crippen molar-refractivity contribution >= 4 is 23.9 Å². The van der Waals surface area contributed by atoms with E-state index in [1.807, 2.05) is 18.2 Å². The SMILES string of the molecule is CC/C=C\C/C=C\C/C=C\C/C=C\CCC(=O)OC1C(OCC(COC(=O)CCCCCCCCC/C=C\C/C=C\CCCCC)OC(=O)CCCCC/C=C\C/C=C\C/C=C\CC)OC(C(=O)O)C(O)C1O. The van der Waals surface area contributed by atoms with E-state index in [1.165, 1.54) is 38.5 Å². The lowest BCUT2D eigenvalue weighted by Crippen LogP contribution is -2.61. The van der Waals surface area contributed by atoms with Crippen molar-refractivity contribution in [3.05, 3.63) is 109 Å². The number of aliphatic hydroxyl groups excluding tert-OH is 2. The number of rotatable bonds is 45. The average Bonchev–Trinajstić information content (AvgIpc) is 3.37. The number of ether oxygens (including phenoxy) is 5. The fourth-order valence-corrected chi connectivity index (χ4v) is 7.60. The van der Waals surface area contributed by atoms with Crippen LogP contribution in [0.2, 0.25) is 0 Å². The van der Waals surface area contributed by atoms with Gasteiger partial charge in [-0.05, 0) is 109 Å². The molecule has 0 saturated carbocycles. The molecule has 0 aromatic rings. The molecule has 0 bridgehead atoms. The summed E-state index contributed by atoms with van der Waals surface area (Å²) in [5.74, 6) is -3.29. The predicted octanol–water partition coefficient (Wildman–Crippen LogP) is 13.9. The van der Waals surface area contributed by atoms with Crippen molar-refractivity contribution in [1.82, 2.24) is 0 Å². The van der Waals surface area contributed by atoms with Gasteiger partial charge in [-0.15, -0.1) is 0 Å².